The standard InChI is InChI=1S/C23H23N3O7S/c1-32-22-13-10-19(26(28)29)14-21(22)24-23(27)15-25(34(2,30)31)18-8-11-20(12-9-18)33-16-17-6-4-3-5-7-17/h3-14H,15-16H2,1-2H3,(H,24,27). The van der Waals surface area contributed by atoms with E-state index in [1.165, 1.54) is 31.4 Å². The molecule has 10 nitrogen and oxygen atoms in total. The number of benzene rings is 3. The molecule has 0 spiro atoms. The molecule has 0 atom stereocenters. The van der Waals surface area contributed by atoms with E-state index in [1.807, 2.05) is 30.3 Å². The van der Waals surface area contributed by atoms with Gasteiger partial charge < -0.3 is 14.8 Å². The fraction of sp³-hybridized carbons (Fsp3) is 0.174. The molecule has 0 unspecified atom stereocenters. The molecule has 0 heterocycles. The van der Waals surface area contributed by atoms with E-state index in [4.69, 9.17) is 9.47 Å². The fourth-order valence-corrected chi connectivity index (χ4v) is 3.93. The van der Waals surface area contributed by atoms with E-state index in [0.29, 0.717) is 12.4 Å². The molecule has 3 aromatic rings. The highest BCUT2D eigenvalue weighted by molar-refractivity contribution is 7.92. The van der Waals surface area contributed by atoms with Gasteiger partial charge >= 0.3 is 0 Å². The van der Waals surface area contributed by atoms with Crippen LogP contribution in [0.4, 0.5) is 17.1 Å². The summed E-state index contributed by atoms with van der Waals surface area (Å²) >= 11 is 0. The van der Waals surface area contributed by atoms with Crippen LogP contribution in [0.25, 0.3) is 0 Å². The summed E-state index contributed by atoms with van der Waals surface area (Å²) in [5.41, 5.74) is 1.05. The Morgan fingerprint density at radius 1 is 1.06 bits per heavy atom. The van der Waals surface area contributed by atoms with Crippen LogP contribution in [0.3, 0.4) is 0 Å². The molecule has 3 rings (SSSR count). The molecular formula is C23H23N3O7S. The van der Waals surface area contributed by atoms with Gasteiger partial charge in [-0.05, 0) is 35.9 Å². The Bertz CT molecular complexity index is 1260. The van der Waals surface area contributed by atoms with Crippen molar-refractivity contribution in [3.8, 4) is 11.5 Å². The molecule has 11 heteroatoms. The molecule has 3 aromatic carbocycles. The lowest BCUT2D eigenvalue weighted by atomic mass is 10.2. The Morgan fingerprint density at radius 3 is 2.32 bits per heavy atom. The van der Waals surface area contributed by atoms with Crippen molar-refractivity contribution in [3.05, 3.63) is 88.5 Å². The van der Waals surface area contributed by atoms with Gasteiger partial charge in [0, 0.05) is 12.1 Å². The summed E-state index contributed by atoms with van der Waals surface area (Å²) in [5.74, 6) is 0.0326. The Kier molecular flexibility index (Phi) is 7.69. The number of nitro benzene ring substituents is 1. The largest absolute Gasteiger partial charge is 0.495 e. The van der Waals surface area contributed by atoms with E-state index in [9.17, 15) is 23.3 Å². The van der Waals surface area contributed by atoms with E-state index < -0.39 is 27.4 Å². The Balaban J connectivity index is 1.73. The minimum absolute atomic E-state index is 0.0554. The predicted molar refractivity (Wildman–Crippen MR) is 128 cm³/mol. The van der Waals surface area contributed by atoms with Crippen LogP contribution in [0.15, 0.2) is 72.8 Å². The topological polar surface area (TPSA) is 128 Å². The first-order chi connectivity index (χ1) is 16.2. The van der Waals surface area contributed by atoms with Crippen LogP contribution in [0.5, 0.6) is 11.5 Å². The van der Waals surface area contributed by atoms with E-state index >= 15 is 0 Å². The van der Waals surface area contributed by atoms with Gasteiger partial charge in [0.15, 0.2) is 0 Å². The summed E-state index contributed by atoms with van der Waals surface area (Å²) < 4.78 is 36.5. The number of nitrogens with one attached hydrogen (secondary N) is 1. The molecule has 0 fully saturated rings. The van der Waals surface area contributed by atoms with Crippen LogP contribution >= 0.6 is 0 Å². The molecule has 0 aliphatic rings. The van der Waals surface area contributed by atoms with E-state index in [2.05, 4.69) is 5.32 Å². The molecule has 1 N–H and O–H groups in total. The Labute approximate surface area is 196 Å². The summed E-state index contributed by atoms with van der Waals surface area (Å²) in [6.45, 7) is -0.196. The lowest BCUT2D eigenvalue weighted by molar-refractivity contribution is -0.384. The zero-order valence-corrected chi connectivity index (χ0v) is 19.3. The van der Waals surface area contributed by atoms with Crippen LogP contribution in [0.1, 0.15) is 5.56 Å². The number of ether oxygens (including phenoxy) is 2. The molecule has 0 aromatic heterocycles. The number of nitrogens with zero attached hydrogens (tertiary/aromatic N) is 2. The molecule has 0 saturated carbocycles. The molecule has 0 saturated heterocycles. The molecule has 0 aliphatic heterocycles. The monoisotopic (exact) mass is 485 g/mol. The number of methoxy groups -OCH3 is 1. The number of carbonyl (C=O) groups excluding carboxylic acids is 1. The summed E-state index contributed by atoms with van der Waals surface area (Å²) in [6.07, 6.45) is 0.980. The summed E-state index contributed by atoms with van der Waals surface area (Å²) in [5, 5.41) is 13.5. The van der Waals surface area contributed by atoms with E-state index in [0.717, 1.165) is 22.2 Å². The normalized spacial score (nSPS) is 10.9. The lowest BCUT2D eigenvalue weighted by Crippen LogP contribution is -2.37. The summed E-state index contributed by atoms with van der Waals surface area (Å²) in [7, 11) is -2.47. The maximum atomic E-state index is 12.7. The van der Waals surface area contributed by atoms with Crippen LogP contribution in [-0.2, 0) is 21.4 Å². The van der Waals surface area contributed by atoms with Crippen molar-refractivity contribution in [2.75, 3.05) is 29.5 Å². The van der Waals surface area contributed by atoms with Gasteiger partial charge in [0.1, 0.15) is 24.7 Å². The number of rotatable bonds is 10. The van der Waals surface area contributed by atoms with Gasteiger partial charge in [0.2, 0.25) is 15.9 Å². The van der Waals surface area contributed by atoms with Gasteiger partial charge in [0.25, 0.3) is 5.69 Å². The molecule has 34 heavy (non-hydrogen) atoms. The predicted octanol–water partition coefficient (Wildman–Crippen LogP) is 3.59. The van der Waals surface area contributed by atoms with Crippen molar-refractivity contribution in [1.29, 1.82) is 0 Å². The number of hydrogen-bond acceptors (Lipinski definition) is 7. The van der Waals surface area contributed by atoms with Crippen molar-refractivity contribution < 1.29 is 27.6 Å². The van der Waals surface area contributed by atoms with Crippen molar-refractivity contribution in [3.63, 3.8) is 0 Å². The third-order valence-corrected chi connectivity index (χ3v) is 5.87. The highest BCUT2D eigenvalue weighted by Crippen LogP contribution is 2.29. The first-order valence-corrected chi connectivity index (χ1v) is 11.9. The molecule has 1 amide bonds. The highest BCUT2D eigenvalue weighted by Gasteiger charge is 2.22. The van der Waals surface area contributed by atoms with Crippen LogP contribution in [-0.4, -0.2) is 39.2 Å². The first-order valence-electron chi connectivity index (χ1n) is 10.0. The minimum Gasteiger partial charge on any atom is -0.495 e. The van der Waals surface area contributed by atoms with Gasteiger partial charge in [-0.1, -0.05) is 30.3 Å². The Morgan fingerprint density at radius 2 is 1.74 bits per heavy atom. The lowest BCUT2D eigenvalue weighted by Gasteiger charge is -2.22. The van der Waals surface area contributed by atoms with Gasteiger partial charge in [0.05, 0.1) is 29.7 Å². The highest BCUT2D eigenvalue weighted by atomic mass is 32.2. The average Bonchev–Trinajstić information content (AvgIpc) is 2.81. The molecule has 0 aliphatic carbocycles. The minimum atomic E-state index is -3.82. The van der Waals surface area contributed by atoms with Crippen molar-refractivity contribution in [1.82, 2.24) is 0 Å². The second-order valence-electron chi connectivity index (χ2n) is 7.23. The number of non-ortho nitro benzene ring substituents is 1. The number of anilines is 2. The van der Waals surface area contributed by atoms with Gasteiger partial charge in [-0.3, -0.25) is 19.2 Å². The number of amides is 1. The first kappa shape index (κ1) is 24.5. The van der Waals surface area contributed by atoms with Crippen molar-refractivity contribution in [2.24, 2.45) is 0 Å². The smallest absolute Gasteiger partial charge is 0.271 e. The zero-order valence-electron chi connectivity index (χ0n) is 18.5. The SMILES string of the molecule is COc1ccc([N+](=O)[O-])cc1NC(=O)CN(c1ccc(OCc2ccccc2)cc1)S(C)(=O)=O. The van der Waals surface area contributed by atoms with Gasteiger partial charge in [-0.15, -0.1) is 0 Å². The second-order valence-corrected chi connectivity index (χ2v) is 9.13. The number of sulfonamides is 1. The maximum absolute atomic E-state index is 12.7. The number of hydrogen-bond donors (Lipinski definition) is 1. The van der Waals surface area contributed by atoms with Crippen molar-refractivity contribution >= 4 is 33.0 Å². The molecule has 0 radical (unpaired) electrons. The third kappa shape index (κ3) is 6.45. The maximum Gasteiger partial charge on any atom is 0.271 e. The van der Waals surface area contributed by atoms with Crippen LogP contribution < -0.4 is 19.1 Å². The summed E-state index contributed by atoms with van der Waals surface area (Å²) in [6, 6.07) is 19.6. The zero-order chi connectivity index (χ0) is 24.7. The van der Waals surface area contributed by atoms with Crippen LogP contribution in [0.2, 0.25) is 0 Å². The Hall–Kier alpha value is -4.12. The molecule has 178 valence electrons. The molecular weight excluding hydrogens is 462 g/mol. The molecule has 0 bridgehead atoms. The van der Waals surface area contributed by atoms with Crippen molar-refractivity contribution in [2.45, 2.75) is 6.61 Å². The van der Waals surface area contributed by atoms with Gasteiger partial charge in [-0.2, -0.15) is 0 Å². The average molecular weight is 486 g/mol. The number of carbonyl (C=O) groups is 1. The van der Waals surface area contributed by atoms with E-state index in [-0.39, 0.29) is 22.8 Å². The second kappa shape index (κ2) is 10.7. The third-order valence-electron chi connectivity index (χ3n) is 4.73. The number of nitro groups is 1. The quantitative estimate of drug-likeness (QED) is 0.343. The fourth-order valence-electron chi connectivity index (χ4n) is 3.08. The van der Waals surface area contributed by atoms with Crippen LogP contribution in [0, 0.1) is 10.1 Å². The van der Waals surface area contributed by atoms with E-state index in [1.54, 1.807) is 12.1 Å². The van der Waals surface area contributed by atoms with Gasteiger partial charge in [-0.25, -0.2) is 8.42 Å². The summed E-state index contributed by atoms with van der Waals surface area (Å²) in [4.78, 5) is 23.1.